The summed E-state index contributed by atoms with van der Waals surface area (Å²) in [5.41, 5.74) is 8.09. The van der Waals surface area contributed by atoms with Gasteiger partial charge in [0.25, 0.3) is 0 Å². The van der Waals surface area contributed by atoms with E-state index in [2.05, 4.69) is 47.9 Å². The van der Waals surface area contributed by atoms with Gasteiger partial charge in [-0.05, 0) is 32.2 Å². The van der Waals surface area contributed by atoms with E-state index in [0.29, 0.717) is 5.75 Å². The lowest BCUT2D eigenvalue weighted by atomic mass is 10.2. The maximum Gasteiger partial charge on any atom is 0.248 e. The van der Waals surface area contributed by atoms with Gasteiger partial charge in [0.05, 0.1) is 5.75 Å². The van der Waals surface area contributed by atoms with E-state index in [1.165, 1.54) is 5.56 Å². The molecule has 1 aromatic rings. The van der Waals surface area contributed by atoms with Gasteiger partial charge in [0, 0.05) is 30.1 Å². The largest absolute Gasteiger partial charge is 0.303 e. The second-order valence-electron chi connectivity index (χ2n) is 5.02. The Kier molecular flexibility index (Phi) is 5.49. The van der Waals surface area contributed by atoms with Crippen LogP contribution < -0.4 is 10.9 Å². The molecular weight excluding hydrogens is 270 g/mol. The van der Waals surface area contributed by atoms with Crippen LogP contribution in [0, 0.1) is 6.92 Å². The van der Waals surface area contributed by atoms with Crippen LogP contribution in [-0.2, 0) is 4.79 Å². The number of likely N-dealkylation sites (N-methyl/N-ethyl adjacent to an activating group) is 1. The molecule has 1 heterocycles. The first-order valence-corrected chi connectivity index (χ1v) is 7.74. The van der Waals surface area contributed by atoms with Gasteiger partial charge in [-0.25, -0.2) is 0 Å². The normalized spacial score (nSPS) is 15.6. The molecule has 0 bridgehead atoms. The number of rotatable bonds is 5. The Morgan fingerprint density at radius 1 is 1.35 bits per heavy atom. The van der Waals surface area contributed by atoms with E-state index in [1.807, 2.05) is 12.1 Å². The standard InChI is InChI=1S/C15H21N3OS/c1-12-3-5-14(6-4-12)20-11-15(19)17-16-13-7-9-18(2)10-8-13/h3-7,16H,8-11H2,1-2H3,(H,17,19). The number of nitrogens with one attached hydrogen (secondary N) is 2. The van der Waals surface area contributed by atoms with Crippen LogP contribution in [0.5, 0.6) is 0 Å². The smallest absolute Gasteiger partial charge is 0.248 e. The van der Waals surface area contributed by atoms with Gasteiger partial charge >= 0.3 is 0 Å². The zero-order valence-electron chi connectivity index (χ0n) is 12.0. The number of carbonyl (C=O) groups is 1. The Morgan fingerprint density at radius 3 is 2.75 bits per heavy atom. The number of hydrogen-bond donors (Lipinski definition) is 2. The summed E-state index contributed by atoms with van der Waals surface area (Å²) in [6.45, 7) is 4.00. The minimum Gasteiger partial charge on any atom is -0.303 e. The van der Waals surface area contributed by atoms with E-state index in [4.69, 9.17) is 0 Å². The van der Waals surface area contributed by atoms with Crippen LogP contribution in [0.2, 0.25) is 0 Å². The summed E-state index contributed by atoms with van der Waals surface area (Å²) in [7, 11) is 2.09. The minimum atomic E-state index is -0.00426. The van der Waals surface area contributed by atoms with Crippen LogP contribution >= 0.6 is 11.8 Å². The molecule has 0 aliphatic carbocycles. The van der Waals surface area contributed by atoms with Crippen LogP contribution in [0.3, 0.4) is 0 Å². The monoisotopic (exact) mass is 291 g/mol. The Hall–Kier alpha value is -1.46. The van der Waals surface area contributed by atoms with Gasteiger partial charge in [0.1, 0.15) is 0 Å². The molecule has 1 aromatic carbocycles. The highest BCUT2D eigenvalue weighted by atomic mass is 32.2. The van der Waals surface area contributed by atoms with Gasteiger partial charge in [-0.1, -0.05) is 17.7 Å². The first-order valence-electron chi connectivity index (χ1n) is 6.75. The number of carbonyl (C=O) groups excluding carboxylic acids is 1. The van der Waals surface area contributed by atoms with Gasteiger partial charge in [0.15, 0.2) is 0 Å². The molecule has 0 unspecified atom stereocenters. The number of benzene rings is 1. The summed E-state index contributed by atoms with van der Waals surface area (Å²) in [6, 6.07) is 8.20. The zero-order valence-corrected chi connectivity index (χ0v) is 12.8. The van der Waals surface area contributed by atoms with Crippen molar-refractivity contribution in [2.45, 2.75) is 18.2 Å². The number of thioether (sulfide) groups is 1. The van der Waals surface area contributed by atoms with Crippen LogP contribution in [0.15, 0.2) is 40.9 Å². The molecule has 0 spiro atoms. The van der Waals surface area contributed by atoms with Crippen molar-refractivity contribution >= 4 is 17.7 Å². The lowest BCUT2D eigenvalue weighted by Crippen LogP contribution is -2.40. The average Bonchev–Trinajstić information content (AvgIpc) is 2.46. The molecule has 0 radical (unpaired) electrons. The molecule has 1 aliphatic rings. The van der Waals surface area contributed by atoms with Crippen molar-refractivity contribution in [2.75, 3.05) is 25.9 Å². The number of hydrazine groups is 1. The summed E-state index contributed by atoms with van der Waals surface area (Å²) in [6.07, 6.45) is 3.05. The Balaban J connectivity index is 1.69. The quantitative estimate of drug-likeness (QED) is 0.643. The fraction of sp³-hybridized carbons (Fsp3) is 0.400. The van der Waals surface area contributed by atoms with E-state index in [1.54, 1.807) is 11.8 Å². The molecule has 0 atom stereocenters. The highest BCUT2D eigenvalue weighted by Crippen LogP contribution is 2.17. The first-order chi connectivity index (χ1) is 9.63. The molecule has 2 N–H and O–H groups in total. The highest BCUT2D eigenvalue weighted by Gasteiger charge is 2.08. The van der Waals surface area contributed by atoms with Crippen LogP contribution in [0.4, 0.5) is 0 Å². The Labute approximate surface area is 124 Å². The van der Waals surface area contributed by atoms with Gasteiger partial charge in [0.2, 0.25) is 5.91 Å². The van der Waals surface area contributed by atoms with E-state index < -0.39 is 0 Å². The number of hydrogen-bond acceptors (Lipinski definition) is 4. The zero-order chi connectivity index (χ0) is 14.4. The van der Waals surface area contributed by atoms with Crippen molar-refractivity contribution < 1.29 is 4.79 Å². The lowest BCUT2D eigenvalue weighted by molar-refractivity contribution is -0.119. The fourth-order valence-corrected chi connectivity index (χ4v) is 2.55. The molecule has 5 heteroatoms. The van der Waals surface area contributed by atoms with Gasteiger partial charge in [-0.15, -0.1) is 11.8 Å². The SMILES string of the molecule is Cc1ccc(SCC(=O)NNC2=CCN(C)CC2)cc1. The molecule has 20 heavy (non-hydrogen) atoms. The van der Waals surface area contributed by atoms with Crippen molar-refractivity contribution in [3.63, 3.8) is 0 Å². The van der Waals surface area contributed by atoms with Gasteiger partial charge in [-0.3, -0.25) is 10.2 Å². The van der Waals surface area contributed by atoms with Crippen molar-refractivity contribution in [2.24, 2.45) is 0 Å². The van der Waals surface area contributed by atoms with E-state index >= 15 is 0 Å². The summed E-state index contributed by atoms with van der Waals surface area (Å²) >= 11 is 1.54. The van der Waals surface area contributed by atoms with Crippen molar-refractivity contribution in [1.82, 2.24) is 15.8 Å². The Morgan fingerprint density at radius 2 is 2.10 bits per heavy atom. The third-order valence-corrected chi connectivity index (χ3v) is 4.18. The molecule has 4 nitrogen and oxygen atoms in total. The lowest BCUT2D eigenvalue weighted by Gasteiger charge is -2.22. The van der Waals surface area contributed by atoms with Crippen LogP contribution in [0.25, 0.3) is 0 Å². The molecule has 1 aliphatic heterocycles. The minimum absolute atomic E-state index is 0.00426. The predicted molar refractivity (Wildman–Crippen MR) is 83.4 cm³/mol. The van der Waals surface area contributed by atoms with Crippen LogP contribution in [0.1, 0.15) is 12.0 Å². The maximum absolute atomic E-state index is 11.8. The third-order valence-electron chi connectivity index (χ3n) is 3.17. The number of aryl methyl sites for hydroxylation is 1. The summed E-state index contributed by atoms with van der Waals surface area (Å²) in [5, 5.41) is 0. The molecular formula is C15H21N3OS. The fourth-order valence-electron chi connectivity index (χ4n) is 1.85. The van der Waals surface area contributed by atoms with Crippen LogP contribution in [-0.4, -0.2) is 36.7 Å². The highest BCUT2D eigenvalue weighted by molar-refractivity contribution is 8.00. The van der Waals surface area contributed by atoms with E-state index in [-0.39, 0.29) is 5.91 Å². The summed E-state index contributed by atoms with van der Waals surface area (Å²) < 4.78 is 0. The van der Waals surface area contributed by atoms with Gasteiger partial charge in [-0.2, -0.15) is 0 Å². The van der Waals surface area contributed by atoms with Crippen molar-refractivity contribution in [1.29, 1.82) is 0 Å². The van der Waals surface area contributed by atoms with E-state index in [9.17, 15) is 4.79 Å². The molecule has 0 saturated heterocycles. The molecule has 1 amide bonds. The molecule has 2 rings (SSSR count). The van der Waals surface area contributed by atoms with Crippen molar-refractivity contribution in [3.8, 4) is 0 Å². The second-order valence-corrected chi connectivity index (χ2v) is 6.07. The molecule has 108 valence electrons. The first kappa shape index (κ1) is 14.9. The van der Waals surface area contributed by atoms with E-state index in [0.717, 1.165) is 30.1 Å². The summed E-state index contributed by atoms with van der Waals surface area (Å²) in [4.78, 5) is 15.1. The topological polar surface area (TPSA) is 44.4 Å². The maximum atomic E-state index is 11.8. The molecule has 0 aromatic heterocycles. The Bertz CT molecular complexity index is 484. The molecule has 0 fully saturated rings. The number of nitrogens with zero attached hydrogens (tertiary/aromatic N) is 1. The van der Waals surface area contributed by atoms with Crippen molar-refractivity contribution in [3.05, 3.63) is 41.6 Å². The second kappa shape index (κ2) is 7.36. The predicted octanol–water partition coefficient (Wildman–Crippen LogP) is 1.93. The number of amides is 1. The van der Waals surface area contributed by atoms with Gasteiger partial charge < -0.3 is 10.3 Å². The summed E-state index contributed by atoms with van der Waals surface area (Å²) in [5.74, 6) is 0.416. The molecule has 0 saturated carbocycles. The third kappa shape index (κ3) is 4.90. The average molecular weight is 291 g/mol.